The number of rotatable bonds is 1. The van der Waals surface area contributed by atoms with E-state index in [1.807, 2.05) is 24.4 Å². The van der Waals surface area contributed by atoms with E-state index in [0.717, 1.165) is 36.8 Å². The molecule has 0 unspecified atom stereocenters. The molecule has 0 bridgehead atoms. The Balaban J connectivity index is 2.12. The third kappa shape index (κ3) is 1.96. The molecule has 0 spiro atoms. The van der Waals surface area contributed by atoms with Crippen molar-refractivity contribution in [2.45, 2.75) is 18.8 Å². The molecule has 0 amide bonds. The van der Waals surface area contributed by atoms with Crippen LogP contribution >= 0.6 is 0 Å². The summed E-state index contributed by atoms with van der Waals surface area (Å²) in [6.07, 6.45) is 4.21. The second-order valence-corrected chi connectivity index (χ2v) is 4.77. The molecule has 0 aliphatic carbocycles. The molecule has 1 aliphatic heterocycles. The Bertz CT molecular complexity index is 607. The van der Waals surface area contributed by atoms with Crippen molar-refractivity contribution in [3.63, 3.8) is 0 Å². The van der Waals surface area contributed by atoms with Crippen molar-refractivity contribution in [3.8, 4) is 6.07 Å². The van der Waals surface area contributed by atoms with E-state index in [9.17, 15) is 0 Å². The second kappa shape index (κ2) is 4.75. The first-order valence-electron chi connectivity index (χ1n) is 6.38. The molecule has 1 aliphatic rings. The molecular weight excluding hydrogens is 222 g/mol. The predicted octanol–water partition coefficient (Wildman–Crippen LogP) is 2.57. The van der Waals surface area contributed by atoms with Crippen LogP contribution in [0.3, 0.4) is 0 Å². The van der Waals surface area contributed by atoms with Gasteiger partial charge in [0.25, 0.3) is 0 Å². The van der Waals surface area contributed by atoms with Crippen LogP contribution in [0.25, 0.3) is 10.9 Å². The van der Waals surface area contributed by atoms with Gasteiger partial charge in [0.2, 0.25) is 0 Å². The number of nitriles is 1. The molecule has 2 heterocycles. The highest BCUT2D eigenvalue weighted by Crippen LogP contribution is 2.30. The van der Waals surface area contributed by atoms with Gasteiger partial charge in [-0.05, 0) is 61.7 Å². The standard InChI is InChI=1S/C15H15N3/c16-10-11-1-2-15-14(9-11)13(5-8-18-15)12-3-6-17-7-4-12/h1-2,5,8-9,12,17H,3-4,6-7H2. The summed E-state index contributed by atoms with van der Waals surface area (Å²) in [5.41, 5.74) is 3.05. The second-order valence-electron chi connectivity index (χ2n) is 4.77. The molecule has 3 rings (SSSR count). The van der Waals surface area contributed by atoms with Crippen LogP contribution in [0, 0.1) is 11.3 Å². The van der Waals surface area contributed by atoms with Crippen LogP contribution in [0.5, 0.6) is 0 Å². The number of nitrogens with zero attached hydrogens (tertiary/aromatic N) is 2. The molecule has 3 nitrogen and oxygen atoms in total. The zero-order valence-electron chi connectivity index (χ0n) is 10.2. The van der Waals surface area contributed by atoms with Crippen molar-refractivity contribution >= 4 is 10.9 Å². The Morgan fingerprint density at radius 3 is 2.83 bits per heavy atom. The van der Waals surface area contributed by atoms with Gasteiger partial charge in [-0.2, -0.15) is 5.26 Å². The van der Waals surface area contributed by atoms with E-state index in [1.54, 1.807) is 0 Å². The van der Waals surface area contributed by atoms with Crippen LogP contribution < -0.4 is 5.32 Å². The van der Waals surface area contributed by atoms with Gasteiger partial charge in [-0.3, -0.25) is 4.98 Å². The average molecular weight is 237 g/mol. The lowest BCUT2D eigenvalue weighted by atomic mass is 9.88. The van der Waals surface area contributed by atoms with Crippen molar-refractivity contribution in [2.75, 3.05) is 13.1 Å². The van der Waals surface area contributed by atoms with Crippen molar-refractivity contribution in [2.24, 2.45) is 0 Å². The van der Waals surface area contributed by atoms with Crippen LogP contribution in [0.1, 0.15) is 29.9 Å². The third-order valence-electron chi connectivity index (χ3n) is 3.68. The number of piperidine rings is 1. The maximum Gasteiger partial charge on any atom is 0.0991 e. The topological polar surface area (TPSA) is 48.7 Å². The largest absolute Gasteiger partial charge is 0.317 e. The van der Waals surface area contributed by atoms with Gasteiger partial charge in [0.05, 0.1) is 17.1 Å². The van der Waals surface area contributed by atoms with Gasteiger partial charge in [-0.15, -0.1) is 0 Å². The molecule has 18 heavy (non-hydrogen) atoms. The maximum absolute atomic E-state index is 9.02. The van der Waals surface area contributed by atoms with Gasteiger partial charge in [0, 0.05) is 11.6 Å². The number of aromatic nitrogens is 1. The van der Waals surface area contributed by atoms with Crippen LogP contribution in [0.15, 0.2) is 30.5 Å². The zero-order chi connectivity index (χ0) is 12.4. The Hall–Kier alpha value is -1.92. The molecule has 1 aromatic carbocycles. The van der Waals surface area contributed by atoms with Gasteiger partial charge in [0.15, 0.2) is 0 Å². The van der Waals surface area contributed by atoms with Gasteiger partial charge in [0.1, 0.15) is 0 Å². The first kappa shape index (κ1) is 11.2. The fraction of sp³-hybridized carbons (Fsp3) is 0.333. The van der Waals surface area contributed by atoms with Crippen molar-refractivity contribution in [3.05, 3.63) is 41.6 Å². The van der Waals surface area contributed by atoms with E-state index in [0.29, 0.717) is 11.5 Å². The first-order valence-corrected chi connectivity index (χ1v) is 6.38. The quantitative estimate of drug-likeness (QED) is 0.829. The Morgan fingerprint density at radius 2 is 2.06 bits per heavy atom. The molecule has 0 atom stereocenters. The summed E-state index contributed by atoms with van der Waals surface area (Å²) >= 11 is 0. The van der Waals surface area contributed by atoms with Crippen LogP contribution in [0.4, 0.5) is 0 Å². The molecule has 0 radical (unpaired) electrons. The highest BCUT2D eigenvalue weighted by Gasteiger charge is 2.17. The Morgan fingerprint density at radius 1 is 1.22 bits per heavy atom. The lowest BCUT2D eigenvalue weighted by Crippen LogP contribution is -2.26. The fourth-order valence-corrected chi connectivity index (χ4v) is 2.73. The molecule has 1 N–H and O–H groups in total. The van der Waals surface area contributed by atoms with Crippen LogP contribution in [0.2, 0.25) is 0 Å². The normalized spacial score (nSPS) is 16.6. The Labute approximate surface area is 106 Å². The van der Waals surface area contributed by atoms with Crippen LogP contribution in [-0.2, 0) is 0 Å². The monoisotopic (exact) mass is 237 g/mol. The highest BCUT2D eigenvalue weighted by molar-refractivity contribution is 5.83. The van der Waals surface area contributed by atoms with Crippen molar-refractivity contribution in [1.82, 2.24) is 10.3 Å². The zero-order valence-corrected chi connectivity index (χ0v) is 10.2. The number of nitrogens with one attached hydrogen (secondary N) is 1. The summed E-state index contributed by atoms with van der Waals surface area (Å²) in [5.74, 6) is 0.589. The average Bonchev–Trinajstić information content (AvgIpc) is 2.47. The maximum atomic E-state index is 9.02. The van der Waals surface area contributed by atoms with Crippen LogP contribution in [-0.4, -0.2) is 18.1 Å². The first-order chi connectivity index (χ1) is 8.88. The summed E-state index contributed by atoms with van der Waals surface area (Å²) in [5, 5.41) is 13.5. The Kier molecular flexibility index (Phi) is 2.95. The molecule has 1 aromatic heterocycles. The molecule has 0 saturated carbocycles. The minimum absolute atomic E-state index is 0.589. The minimum Gasteiger partial charge on any atom is -0.317 e. The molecule has 3 heteroatoms. The summed E-state index contributed by atoms with van der Waals surface area (Å²) in [6, 6.07) is 10.1. The van der Waals surface area contributed by atoms with E-state index >= 15 is 0 Å². The highest BCUT2D eigenvalue weighted by atomic mass is 14.9. The van der Waals surface area contributed by atoms with E-state index in [2.05, 4.69) is 22.4 Å². The summed E-state index contributed by atoms with van der Waals surface area (Å²) < 4.78 is 0. The van der Waals surface area contributed by atoms with E-state index in [1.165, 1.54) is 5.56 Å². The molecule has 1 saturated heterocycles. The number of benzene rings is 1. The number of fused-ring (bicyclic) bond motifs is 1. The molecular formula is C15H15N3. The predicted molar refractivity (Wildman–Crippen MR) is 71.3 cm³/mol. The summed E-state index contributed by atoms with van der Waals surface area (Å²) in [6.45, 7) is 2.15. The van der Waals surface area contributed by atoms with E-state index in [-0.39, 0.29) is 0 Å². The summed E-state index contributed by atoms with van der Waals surface area (Å²) in [7, 11) is 0. The SMILES string of the molecule is N#Cc1ccc2nccc(C3CCNCC3)c2c1. The van der Waals surface area contributed by atoms with Gasteiger partial charge in [-0.1, -0.05) is 0 Å². The smallest absolute Gasteiger partial charge is 0.0991 e. The fourth-order valence-electron chi connectivity index (χ4n) is 2.73. The summed E-state index contributed by atoms with van der Waals surface area (Å²) in [4.78, 5) is 4.39. The van der Waals surface area contributed by atoms with Gasteiger partial charge in [-0.25, -0.2) is 0 Å². The van der Waals surface area contributed by atoms with Crippen molar-refractivity contribution < 1.29 is 0 Å². The molecule has 2 aromatic rings. The molecule has 1 fully saturated rings. The van der Waals surface area contributed by atoms with Crippen molar-refractivity contribution in [1.29, 1.82) is 5.26 Å². The van der Waals surface area contributed by atoms with Gasteiger partial charge >= 0.3 is 0 Å². The van der Waals surface area contributed by atoms with Gasteiger partial charge < -0.3 is 5.32 Å². The number of hydrogen-bond donors (Lipinski definition) is 1. The lowest BCUT2D eigenvalue weighted by Gasteiger charge is -2.24. The lowest BCUT2D eigenvalue weighted by molar-refractivity contribution is 0.462. The molecule has 90 valence electrons. The number of hydrogen-bond acceptors (Lipinski definition) is 3. The van der Waals surface area contributed by atoms with E-state index < -0.39 is 0 Å². The van der Waals surface area contributed by atoms with E-state index in [4.69, 9.17) is 5.26 Å². The number of pyridine rings is 1. The minimum atomic E-state index is 0.589. The third-order valence-corrected chi connectivity index (χ3v) is 3.68.